The van der Waals surface area contributed by atoms with Crippen molar-refractivity contribution in [2.24, 2.45) is 5.92 Å². The Bertz CT molecular complexity index is 380. The molecule has 1 fully saturated rings. The lowest BCUT2D eigenvalue weighted by Gasteiger charge is -2.15. The van der Waals surface area contributed by atoms with Gasteiger partial charge in [-0.3, -0.25) is 14.8 Å². The first-order valence-corrected chi connectivity index (χ1v) is 5.53. The van der Waals surface area contributed by atoms with Gasteiger partial charge < -0.3 is 5.11 Å². The number of aryl methyl sites for hydroxylation is 2. The van der Waals surface area contributed by atoms with Crippen molar-refractivity contribution in [3.05, 3.63) is 17.0 Å². The van der Waals surface area contributed by atoms with E-state index in [-0.39, 0.29) is 5.92 Å². The van der Waals surface area contributed by atoms with Gasteiger partial charge in [-0.15, -0.1) is 0 Å². The van der Waals surface area contributed by atoms with Crippen molar-refractivity contribution in [2.45, 2.75) is 26.8 Å². The van der Waals surface area contributed by atoms with E-state index in [2.05, 4.69) is 15.1 Å². The molecule has 0 spiro atoms. The van der Waals surface area contributed by atoms with Gasteiger partial charge in [0.05, 0.1) is 11.6 Å². The lowest BCUT2D eigenvalue weighted by atomic mass is 10.1. The minimum absolute atomic E-state index is 0.201. The molecule has 1 saturated heterocycles. The third kappa shape index (κ3) is 2.09. The SMILES string of the molecule is Cc1n[nH]c(C)c1CN1CC[C@@H](C(=O)O)C1. The van der Waals surface area contributed by atoms with Gasteiger partial charge in [-0.25, -0.2) is 0 Å². The molecule has 0 unspecified atom stereocenters. The highest BCUT2D eigenvalue weighted by Crippen LogP contribution is 2.20. The van der Waals surface area contributed by atoms with Gasteiger partial charge in [0.2, 0.25) is 0 Å². The lowest BCUT2D eigenvalue weighted by molar-refractivity contribution is -0.141. The summed E-state index contributed by atoms with van der Waals surface area (Å²) in [6, 6.07) is 0. The fourth-order valence-electron chi connectivity index (χ4n) is 2.21. The molecule has 1 aliphatic rings. The van der Waals surface area contributed by atoms with Gasteiger partial charge in [0.15, 0.2) is 0 Å². The molecule has 2 N–H and O–H groups in total. The van der Waals surface area contributed by atoms with Gasteiger partial charge in [-0.2, -0.15) is 5.10 Å². The predicted octanol–water partition coefficient (Wildman–Crippen LogP) is 0.933. The lowest BCUT2D eigenvalue weighted by Crippen LogP contribution is -2.23. The van der Waals surface area contributed by atoms with Crippen LogP contribution in [-0.4, -0.2) is 39.3 Å². The zero-order valence-electron chi connectivity index (χ0n) is 9.66. The zero-order valence-corrected chi connectivity index (χ0v) is 9.66. The van der Waals surface area contributed by atoms with E-state index < -0.39 is 5.97 Å². The number of nitrogens with one attached hydrogen (secondary N) is 1. The third-order valence-electron chi connectivity index (χ3n) is 3.28. The number of carboxylic acid groups (broad SMARTS) is 1. The maximum atomic E-state index is 10.8. The number of likely N-dealkylation sites (tertiary alicyclic amines) is 1. The quantitative estimate of drug-likeness (QED) is 0.800. The first kappa shape index (κ1) is 11.1. The molecule has 1 aliphatic heterocycles. The Morgan fingerprint density at radius 1 is 1.62 bits per heavy atom. The van der Waals surface area contributed by atoms with Crippen molar-refractivity contribution in [3.63, 3.8) is 0 Å². The number of nitrogens with zero attached hydrogens (tertiary/aromatic N) is 2. The van der Waals surface area contributed by atoms with Crippen LogP contribution in [0.4, 0.5) is 0 Å². The number of hydrogen-bond acceptors (Lipinski definition) is 3. The second-order valence-corrected chi connectivity index (χ2v) is 4.47. The Kier molecular flexibility index (Phi) is 2.96. The number of aromatic nitrogens is 2. The Balaban J connectivity index is 2.00. The smallest absolute Gasteiger partial charge is 0.307 e. The van der Waals surface area contributed by atoms with Crippen LogP contribution < -0.4 is 0 Å². The molecular weight excluding hydrogens is 206 g/mol. The molecule has 0 saturated carbocycles. The summed E-state index contributed by atoms with van der Waals surface area (Å²) >= 11 is 0. The van der Waals surface area contributed by atoms with Crippen LogP contribution in [-0.2, 0) is 11.3 Å². The van der Waals surface area contributed by atoms with Crippen molar-refractivity contribution in [1.82, 2.24) is 15.1 Å². The molecule has 0 radical (unpaired) electrons. The third-order valence-corrected chi connectivity index (χ3v) is 3.28. The molecule has 2 heterocycles. The number of H-pyrrole nitrogens is 1. The molecule has 0 aliphatic carbocycles. The molecule has 5 heteroatoms. The molecule has 16 heavy (non-hydrogen) atoms. The van der Waals surface area contributed by atoms with Crippen molar-refractivity contribution in [3.8, 4) is 0 Å². The van der Waals surface area contributed by atoms with Gasteiger partial charge >= 0.3 is 5.97 Å². The van der Waals surface area contributed by atoms with Crippen LogP contribution in [0.1, 0.15) is 23.4 Å². The summed E-state index contributed by atoms with van der Waals surface area (Å²) in [7, 11) is 0. The molecule has 1 aromatic heterocycles. The minimum Gasteiger partial charge on any atom is -0.481 e. The second-order valence-electron chi connectivity index (χ2n) is 4.47. The van der Waals surface area contributed by atoms with E-state index in [1.54, 1.807) is 0 Å². The van der Waals surface area contributed by atoms with E-state index in [1.807, 2.05) is 13.8 Å². The highest BCUT2D eigenvalue weighted by Gasteiger charge is 2.28. The summed E-state index contributed by atoms with van der Waals surface area (Å²) in [5, 5.41) is 16.0. The maximum Gasteiger partial charge on any atom is 0.307 e. The number of aliphatic carboxylic acids is 1. The molecule has 5 nitrogen and oxygen atoms in total. The summed E-state index contributed by atoms with van der Waals surface area (Å²) in [5.41, 5.74) is 3.29. The van der Waals surface area contributed by atoms with E-state index in [0.717, 1.165) is 30.9 Å². The van der Waals surface area contributed by atoms with Crippen molar-refractivity contribution < 1.29 is 9.90 Å². The molecule has 0 aromatic carbocycles. The summed E-state index contributed by atoms with van der Waals surface area (Å²) in [5.74, 6) is -0.879. The normalized spacial score (nSPS) is 21.5. The van der Waals surface area contributed by atoms with Crippen LogP contribution in [0.2, 0.25) is 0 Å². The highest BCUT2D eigenvalue weighted by atomic mass is 16.4. The van der Waals surface area contributed by atoms with Crippen LogP contribution >= 0.6 is 0 Å². The summed E-state index contributed by atoms with van der Waals surface area (Å²) in [4.78, 5) is 13.0. The highest BCUT2D eigenvalue weighted by molar-refractivity contribution is 5.70. The van der Waals surface area contributed by atoms with Crippen molar-refractivity contribution in [2.75, 3.05) is 13.1 Å². The fraction of sp³-hybridized carbons (Fsp3) is 0.636. The van der Waals surface area contributed by atoms with Crippen LogP contribution in [0.3, 0.4) is 0 Å². The van der Waals surface area contributed by atoms with E-state index >= 15 is 0 Å². The molecule has 2 rings (SSSR count). The fourth-order valence-corrected chi connectivity index (χ4v) is 2.21. The number of aromatic amines is 1. The zero-order chi connectivity index (χ0) is 11.7. The van der Waals surface area contributed by atoms with Gasteiger partial charge in [-0.1, -0.05) is 0 Å². The van der Waals surface area contributed by atoms with Gasteiger partial charge in [-0.05, 0) is 26.8 Å². The molecule has 0 bridgehead atoms. The topological polar surface area (TPSA) is 69.2 Å². The Hall–Kier alpha value is -1.36. The predicted molar refractivity (Wildman–Crippen MR) is 59.1 cm³/mol. The summed E-state index contributed by atoms with van der Waals surface area (Å²) < 4.78 is 0. The van der Waals surface area contributed by atoms with Crippen LogP contribution in [0.25, 0.3) is 0 Å². The van der Waals surface area contributed by atoms with Crippen molar-refractivity contribution >= 4 is 5.97 Å². The summed E-state index contributed by atoms with van der Waals surface area (Å²) in [6.07, 6.45) is 0.755. The average molecular weight is 223 g/mol. The number of hydrogen-bond donors (Lipinski definition) is 2. The van der Waals surface area contributed by atoms with Crippen LogP contribution in [0.5, 0.6) is 0 Å². The van der Waals surface area contributed by atoms with Crippen LogP contribution in [0.15, 0.2) is 0 Å². The monoisotopic (exact) mass is 223 g/mol. The van der Waals surface area contributed by atoms with Gasteiger partial charge in [0.1, 0.15) is 0 Å². The summed E-state index contributed by atoms with van der Waals surface area (Å²) in [6.45, 7) is 6.29. The molecule has 1 aromatic rings. The molecular formula is C11H17N3O2. The van der Waals surface area contributed by atoms with Crippen LogP contribution in [0, 0.1) is 19.8 Å². The van der Waals surface area contributed by atoms with Gasteiger partial charge in [0.25, 0.3) is 0 Å². The number of carboxylic acids is 1. The number of rotatable bonds is 3. The molecule has 88 valence electrons. The average Bonchev–Trinajstić information content (AvgIpc) is 2.80. The Labute approximate surface area is 94.5 Å². The van der Waals surface area contributed by atoms with E-state index in [4.69, 9.17) is 5.11 Å². The molecule has 0 amide bonds. The largest absolute Gasteiger partial charge is 0.481 e. The van der Waals surface area contributed by atoms with E-state index in [0.29, 0.717) is 6.54 Å². The van der Waals surface area contributed by atoms with Crippen molar-refractivity contribution in [1.29, 1.82) is 0 Å². The number of carbonyl (C=O) groups is 1. The second kappa shape index (κ2) is 4.25. The first-order valence-electron chi connectivity index (χ1n) is 5.53. The molecule has 1 atom stereocenters. The Morgan fingerprint density at radius 3 is 2.88 bits per heavy atom. The van der Waals surface area contributed by atoms with Gasteiger partial charge in [0, 0.05) is 24.3 Å². The first-order chi connectivity index (χ1) is 7.58. The standard InChI is InChI=1S/C11H17N3O2/c1-7-10(8(2)13-12-7)6-14-4-3-9(5-14)11(15)16/h9H,3-6H2,1-2H3,(H,12,13)(H,15,16)/t9-/m1/s1. The van der Waals surface area contributed by atoms with E-state index in [1.165, 1.54) is 5.56 Å². The minimum atomic E-state index is -0.678. The van der Waals surface area contributed by atoms with E-state index in [9.17, 15) is 4.79 Å². The maximum absolute atomic E-state index is 10.8. The Morgan fingerprint density at radius 2 is 2.38 bits per heavy atom.